The van der Waals surface area contributed by atoms with Crippen molar-refractivity contribution in [2.45, 2.75) is 26.4 Å². The van der Waals surface area contributed by atoms with Crippen LogP contribution in [-0.2, 0) is 11.3 Å². The van der Waals surface area contributed by atoms with E-state index in [0.29, 0.717) is 0 Å². The first kappa shape index (κ1) is 24.4. The number of rotatable bonds is 6. The van der Waals surface area contributed by atoms with Crippen LogP contribution in [0.25, 0.3) is 0 Å². The number of nitrogens with one attached hydrogen (secondary N) is 1. The van der Waals surface area contributed by atoms with Gasteiger partial charge in [-0.05, 0) is 38.2 Å². The van der Waals surface area contributed by atoms with E-state index in [0.717, 1.165) is 23.4 Å². The summed E-state index contributed by atoms with van der Waals surface area (Å²) in [5.74, 6) is -0.379. The molecule has 2 atom stereocenters. The van der Waals surface area contributed by atoms with E-state index in [9.17, 15) is 4.79 Å². The van der Waals surface area contributed by atoms with Gasteiger partial charge in [-0.3, -0.25) is 4.79 Å². The van der Waals surface area contributed by atoms with Crippen LogP contribution in [0.2, 0.25) is 0 Å². The first-order chi connectivity index (χ1) is 11.4. The van der Waals surface area contributed by atoms with Crippen molar-refractivity contribution < 1.29 is 4.79 Å². The Balaban J connectivity index is 0.00000312. The maximum Gasteiger partial charge on any atom is 0.229 e. The largest absolute Gasteiger partial charge is 0.325 e. The van der Waals surface area contributed by atoms with Crippen LogP contribution in [-0.4, -0.2) is 24.9 Å². The van der Waals surface area contributed by atoms with Crippen molar-refractivity contribution in [2.24, 2.45) is 11.7 Å². The number of anilines is 1. The Labute approximate surface area is 169 Å². The lowest BCUT2D eigenvalue weighted by Crippen LogP contribution is -2.31. The molecule has 26 heavy (non-hydrogen) atoms. The van der Waals surface area contributed by atoms with Crippen molar-refractivity contribution in [2.75, 3.05) is 19.4 Å². The van der Waals surface area contributed by atoms with Crippen LogP contribution in [0.3, 0.4) is 0 Å². The zero-order valence-electron chi connectivity index (χ0n) is 15.7. The van der Waals surface area contributed by atoms with Gasteiger partial charge < -0.3 is 16.0 Å². The Morgan fingerprint density at radius 2 is 1.73 bits per heavy atom. The Morgan fingerprint density at radius 1 is 1.12 bits per heavy atom. The topological polar surface area (TPSA) is 58.4 Å². The first-order valence-corrected chi connectivity index (χ1v) is 8.24. The van der Waals surface area contributed by atoms with Crippen LogP contribution in [0.5, 0.6) is 0 Å². The van der Waals surface area contributed by atoms with E-state index in [1.54, 1.807) is 0 Å². The predicted octanol–water partition coefficient (Wildman–Crippen LogP) is 4.17. The molecule has 0 radical (unpaired) electrons. The van der Waals surface area contributed by atoms with Crippen LogP contribution in [0.1, 0.15) is 29.7 Å². The molecule has 0 aliphatic rings. The summed E-state index contributed by atoms with van der Waals surface area (Å²) in [7, 11) is 4.03. The van der Waals surface area contributed by atoms with Crippen molar-refractivity contribution >= 4 is 36.4 Å². The monoisotopic (exact) mass is 397 g/mol. The van der Waals surface area contributed by atoms with E-state index < -0.39 is 0 Å². The smallest absolute Gasteiger partial charge is 0.229 e. The standard InChI is InChI=1S/C20H27N3O.2ClH/c1-14-10-11-18(17(12-14)13-23(3)4)22-20(24)15(2)19(21)16-8-6-5-7-9-16;;/h5-12,15,19H,13,21H2,1-4H3,(H,22,24);2*1H. The van der Waals surface area contributed by atoms with Crippen molar-refractivity contribution in [3.63, 3.8) is 0 Å². The van der Waals surface area contributed by atoms with Gasteiger partial charge in [-0.15, -0.1) is 24.8 Å². The van der Waals surface area contributed by atoms with Crippen LogP contribution in [0.15, 0.2) is 48.5 Å². The number of carbonyl (C=O) groups excluding carboxylic acids is 1. The second kappa shape index (κ2) is 11.2. The van der Waals surface area contributed by atoms with Crippen LogP contribution >= 0.6 is 24.8 Å². The molecule has 2 aromatic rings. The Bertz CT molecular complexity index is 693. The highest BCUT2D eigenvalue weighted by Crippen LogP contribution is 2.23. The highest BCUT2D eigenvalue weighted by atomic mass is 35.5. The number of amides is 1. The van der Waals surface area contributed by atoms with E-state index in [4.69, 9.17) is 5.73 Å². The van der Waals surface area contributed by atoms with Crippen molar-refractivity contribution in [3.05, 3.63) is 65.2 Å². The highest BCUT2D eigenvalue weighted by Gasteiger charge is 2.22. The summed E-state index contributed by atoms with van der Waals surface area (Å²) < 4.78 is 0. The van der Waals surface area contributed by atoms with Gasteiger partial charge in [-0.1, -0.05) is 55.0 Å². The summed E-state index contributed by atoms with van der Waals surface area (Å²) >= 11 is 0. The van der Waals surface area contributed by atoms with Crippen molar-refractivity contribution in [1.29, 1.82) is 0 Å². The van der Waals surface area contributed by atoms with Crippen molar-refractivity contribution in [3.8, 4) is 0 Å². The molecule has 0 aromatic heterocycles. The maximum absolute atomic E-state index is 12.6. The molecule has 1 amide bonds. The molecule has 0 aliphatic carbocycles. The molecule has 0 saturated heterocycles. The summed E-state index contributed by atoms with van der Waals surface area (Å²) in [5, 5.41) is 3.05. The van der Waals surface area contributed by atoms with Gasteiger partial charge in [0, 0.05) is 18.3 Å². The zero-order valence-corrected chi connectivity index (χ0v) is 17.4. The van der Waals surface area contributed by atoms with E-state index >= 15 is 0 Å². The lowest BCUT2D eigenvalue weighted by Gasteiger charge is -2.21. The van der Waals surface area contributed by atoms with Crippen LogP contribution < -0.4 is 11.1 Å². The lowest BCUT2D eigenvalue weighted by atomic mass is 9.94. The minimum absolute atomic E-state index is 0. The van der Waals surface area contributed by atoms with E-state index in [1.165, 1.54) is 5.56 Å². The molecule has 0 heterocycles. The summed E-state index contributed by atoms with van der Waals surface area (Å²) in [6, 6.07) is 15.5. The number of benzene rings is 2. The molecule has 0 fully saturated rings. The summed E-state index contributed by atoms with van der Waals surface area (Å²) in [6.45, 7) is 4.70. The number of nitrogens with two attached hydrogens (primary N) is 1. The highest BCUT2D eigenvalue weighted by molar-refractivity contribution is 5.93. The van der Waals surface area contributed by atoms with Crippen molar-refractivity contribution in [1.82, 2.24) is 4.90 Å². The molecule has 2 rings (SSSR count). The molecular formula is C20H29Cl2N3O. The Kier molecular flexibility index (Phi) is 10.5. The fourth-order valence-electron chi connectivity index (χ4n) is 2.69. The average Bonchev–Trinajstić information content (AvgIpc) is 2.56. The minimum Gasteiger partial charge on any atom is -0.325 e. The van der Waals surface area contributed by atoms with Crippen LogP contribution in [0.4, 0.5) is 5.69 Å². The average molecular weight is 398 g/mol. The lowest BCUT2D eigenvalue weighted by molar-refractivity contribution is -0.120. The summed E-state index contributed by atoms with van der Waals surface area (Å²) in [4.78, 5) is 14.7. The number of hydrogen-bond acceptors (Lipinski definition) is 3. The minimum atomic E-state index is -0.325. The van der Waals surface area contributed by atoms with E-state index in [-0.39, 0.29) is 42.7 Å². The first-order valence-electron chi connectivity index (χ1n) is 8.24. The molecule has 0 spiro atoms. The normalized spacial score (nSPS) is 12.5. The van der Waals surface area contributed by atoms with E-state index in [2.05, 4.69) is 23.2 Å². The molecule has 0 bridgehead atoms. The molecule has 2 unspecified atom stereocenters. The molecule has 4 nitrogen and oxygen atoms in total. The zero-order chi connectivity index (χ0) is 17.7. The molecule has 3 N–H and O–H groups in total. The van der Waals surface area contributed by atoms with Gasteiger partial charge in [0.25, 0.3) is 0 Å². The summed E-state index contributed by atoms with van der Waals surface area (Å²) in [6.07, 6.45) is 0. The Hall–Kier alpha value is -1.59. The number of aryl methyl sites for hydroxylation is 1. The second-order valence-electron chi connectivity index (χ2n) is 6.61. The van der Waals surface area contributed by atoms with Gasteiger partial charge in [0.2, 0.25) is 5.91 Å². The fraction of sp³-hybridized carbons (Fsp3) is 0.350. The number of hydrogen-bond donors (Lipinski definition) is 2. The van der Waals surface area contributed by atoms with Gasteiger partial charge >= 0.3 is 0 Å². The third-order valence-electron chi connectivity index (χ3n) is 4.14. The van der Waals surface area contributed by atoms with Gasteiger partial charge in [0.05, 0.1) is 5.92 Å². The molecule has 6 heteroatoms. The Morgan fingerprint density at radius 3 is 2.31 bits per heavy atom. The molecule has 2 aromatic carbocycles. The van der Waals surface area contributed by atoms with Gasteiger partial charge in [-0.25, -0.2) is 0 Å². The third kappa shape index (κ3) is 6.61. The second-order valence-corrected chi connectivity index (χ2v) is 6.61. The SMILES string of the molecule is Cc1ccc(NC(=O)C(C)C(N)c2ccccc2)c(CN(C)C)c1.Cl.Cl. The van der Waals surface area contributed by atoms with E-state index in [1.807, 2.05) is 63.5 Å². The van der Waals surface area contributed by atoms with Crippen LogP contribution in [0, 0.1) is 12.8 Å². The molecule has 0 aliphatic heterocycles. The molecular weight excluding hydrogens is 369 g/mol. The van der Waals surface area contributed by atoms with Gasteiger partial charge in [0.1, 0.15) is 0 Å². The quantitative estimate of drug-likeness (QED) is 0.768. The molecule has 0 saturated carbocycles. The number of nitrogens with zero attached hydrogens (tertiary/aromatic N) is 1. The summed E-state index contributed by atoms with van der Waals surface area (Å²) in [5.41, 5.74) is 10.4. The molecule has 144 valence electrons. The van der Waals surface area contributed by atoms with Gasteiger partial charge in [0.15, 0.2) is 0 Å². The fourth-order valence-corrected chi connectivity index (χ4v) is 2.69. The number of halogens is 2. The predicted molar refractivity (Wildman–Crippen MR) is 114 cm³/mol. The maximum atomic E-state index is 12.6. The van der Waals surface area contributed by atoms with Gasteiger partial charge in [-0.2, -0.15) is 0 Å². The number of carbonyl (C=O) groups is 1. The third-order valence-corrected chi connectivity index (χ3v) is 4.14.